The molecule has 7 heteroatoms. The highest BCUT2D eigenvalue weighted by Gasteiger charge is 2.17. The van der Waals surface area contributed by atoms with Gasteiger partial charge in [0.1, 0.15) is 0 Å². The molecule has 6 nitrogen and oxygen atoms in total. The fraction of sp³-hybridized carbons (Fsp3) is 0.455. The lowest BCUT2D eigenvalue weighted by Gasteiger charge is -2.26. The monoisotopic (exact) mass is 271 g/mol. The molecule has 0 bridgehead atoms. The average Bonchev–Trinajstić information content (AvgIpc) is 2.86. The molecule has 18 heavy (non-hydrogen) atoms. The maximum atomic E-state index is 11.8. The minimum atomic E-state index is -1.11. The molecule has 1 saturated heterocycles. The van der Waals surface area contributed by atoms with Crippen LogP contribution in [0.5, 0.6) is 0 Å². The van der Waals surface area contributed by atoms with Crippen molar-refractivity contribution in [1.82, 2.24) is 4.90 Å². The number of carbonyl (C=O) groups is 2. The van der Waals surface area contributed by atoms with Crippen molar-refractivity contribution in [2.45, 2.75) is 5.09 Å². The van der Waals surface area contributed by atoms with Crippen molar-refractivity contribution >= 4 is 23.6 Å². The molecule has 0 atom stereocenters. The molecule has 1 aliphatic rings. The second kappa shape index (κ2) is 5.92. The molecule has 1 N–H and O–H groups in total. The van der Waals surface area contributed by atoms with E-state index < -0.39 is 5.97 Å². The summed E-state index contributed by atoms with van der Waals surface area (Å²) in [5.74, 6) is -0.971. The van der Waals surface area contributed by atoms with Crippen molar-refractivity contribution < 1.29 is 23.8 Å². The van der Waals surface area contributed by atoms with Gasteiger partial charge in [0, 0.05) is 13.1 Å². The van der Waals surface area contributed by atoms with Gasteiger partial charge in [-0.25, -0.2) is 4.79 Å². The van der Waals surface area contributed by atoms with E-state index in [2.05, 4.69) is 0 Å². The van der Waals surface area contributed by atoms with Gasteiger partial charge in [-0.05, 0) is 12.1 Å². The molecule has 1 aromatic heterocycles. The summed E-state index contributed by atoms with van der Waals surface area (Å²) in [7, 11) is 0. The molecule has 0 radical (unpaired) electrons. The van der Waals surface area contributed by atoms with Gasteiger partial charge in [-0.15, -0.1) is 0 Å². The zero-order chi connectivity index (χ0) is 13.0. The largest absolute Gasteiger partial charge is 0.475 e. The fourth-order valence-electron chi connectivity index (χ4n) is 1.55. The minimum absolute atomic E-state index is 0.0107. The lowest BCUT2D eigenvalue weighted by Crippen LogP contribution is -2.41. The highest BCUT2D eigenvalue weighted by Crippen LogP contribution is 2.21. The number of carboxylic acids is 1. The normalized spacial score (nSPS) is 15.7. The SMILES string of the molecule is O=C(O)c1ccc(SCC(=O)N2CCOCC2)o1. The van der Waals surface area contributed by atoms with E-state index in [-0.39, 0.29) is 17.4 Å². The predicted octanol–water partition coefficient (Wildman–Crippen LogP) is 0.929. The number of hydrogen-bond donors (Lipinski definition) is 1. The highest BCUT2D eigenvalue weighted by molar-refractivity contribution is 7.99. The molecule has 0 spiro atoms. The van der Waals surface area contributed by atoms with Gasteiger partial charge >= 0.3 is 5.97 Å². The van der Waals surface area contributed by atoms with Crippen LogP contribution < -0.4 is 0 Å². The fourth-order valence-corrected chi connectivity index (χ4v) is 2.31. The van der Waals surface area contributed by atoms with Crippen LogP contribution in [0.1, 0.15) is 10.6 Å². The van der Waals surface area contributed by atoms with Crippen LogP contribution >= 0.6 is 11.8 Å². The van der Waals surface area contributed by atoms with Crippen LogP contribution in [-0.4, -0.2) is 53.9 Å². The summed E-state index contributed by atoms with van der Waals surface area (Å²) < 4.78 is 10.2. The van der Waals surface area contributed by atoms with Crippen molar-refractivity contribution in [2.75, 3.05) is 32.1 Å². The van der Waals surface area contributed by atoms with E-state index in [0.717, 1.165) is 0 Å². The van der Waals surface area contributed by atoms with E-state index in [1.165, 1.54) is 17.8 Å². The van der Waals surface area contributed by atoms with E-state index in [9.17, 15) is 9.59 Å². The van der Waals surface area contributed by atoms with E-state index in [0.29, 0.717) is 31.4 Å². The average molecular weight is 271 g/mol. The van der Waals surface area contributed by atoms with Crippen LogP contribution in [0, 0.1) is 0 Å². The highest BCUT2D eigenvalue weighted by atomic mass is 32.2. The zero-order valence-electron chi connectivity index (χ0n) is 9.63. The van der Waals surface area contributed by atoms with Gasteiger partial charge in [-0.1, -0.05) is 11.8 Å². The number of nitrogens with zero attached hydrogens (tertiary/aromatic N) is 1. The maximum Gasteiger partial charge on any atom is 0.371 e. The Morgan fingerprint density at radius 1 is 1.33 bits per heavy atom. The van der Waals surface area contributed by atoms with Crippen molar-refractivity contribution in [3.63, 3.8) is 0 Å². The molecule has 2 heterocycles. The molecule has 0 saturated carbocycles. The Morgan fingerprint density at radius 3 is 2.67 bits per heavy atom. The number of hydrogen-bond acceptors (Lipinski definition) is 5. The van der Waals surface area contributed by atoms with E-state index in [4.69, 9.17) is 14.3 Å². The Kier molecular flexibility index (Phi) is 4.27. The summed E-state index contributed by atoms with van der Waals surface area (Å²) in [5.41, 5.74) is 0. The van der Waals surface area contributed by atoms with Gasteiger partial charge in [0.15, 0.2) is 5.09 Å². The summed E-state index contributed by atoms with van der Waals surface area (Å²) in [5, 5.41) is 9.13. The molecular formula is C11H13NO5S. The topological polar surface area (TPSA) is 80.0 Å². The zero-order valence-corrected chi connectivity index (χ0v) is 10.4. The second-order valence-electron chi connectivity index (χ2n) is 3.71. The molecular weight excluding hydrogens is 258 g/mol. The third-order valence-electron chi connectivity index (χ3n) is 2.49. The number of furan rings is 1. The molecule has 1 amide bonds. The molecule has 0 aliphatic carbocycles. The Bertz CT molecular complexity index is 438. The lowest BCUT2D eigenvalue weighted by atomic mass is 10.4. The lowest BCUT2D eigenvalue weighted by molar-refractivity contribution is -0.132. The standard InChI is InChI=1S/C11H13NO5S/c13-9(12-3-5-16-6-4-12)7-18-10-2-1-8(17-10)11(14)15/h1-2H,3-7H2,(H,14,15). The van der Waals surface area contributed by atoms with Crippen LogP contribution in [-0.2, 0) is 9.53 Å². The van der Waals surface area contributed by atoms with Crippen molar-refractivity contribution in [2.24, 2.45) is 0 Å². The first-order chi connectivity index (χ1) is 8.66. The van der Waals surface area contributed by atoms with Crippen LogP contribution in [0.25, 0.3) is 0 Å². The molecule has 0 aromatic carbocycles. The first-order valence-electron chi connectivity index (χ1n) is 5.48. The number of thioether (sulfide) groups is 1. The van der Waals surface area contributed by atoms with Gasteiger partial charge in [-0.3, -0.25) is 4.79 Å². The number of carbonyl (C=O) groups excluding carboxylic acids is 1. The van der Waals surface area contributed by atoms with E-state index in [1.54, 1.807) is 11.0 Å². The summed E-state index contributed by atoms with van der Waals surface area (Å²) >= 11 is 1.20. The Labute approximate surface area is 108 Å². The number of morpholine rings is 1. The summed E-state index contributed by atoms with van der Waals surface area (Å²) in [6.45, 7) is 2.36. The quantitative estimate of drug-likeness (QED) is 0.821. The van der Waals surface area contributed by atoms with Crippen LogP contribution in [0.3, 0.4) is 0 Å². The Balaban J connectivity index is 1.82. The molecule has 1 fully saturated rings. The molecule has 1 aliphatic heterocycles. The molecule has 2 rings (SSSR count). The maximum absolute atomic E-state index is 11.8. The Hall–Kier alpha value is -1.47. The van der Waals surface area contributed by atoms with Gasteiger partial charge in [0.2, 0.25) is 11.7 Å². The van der Waals surface area contributed by atoms with Crippen molar-refractivity contribution in [3.8, 4) is 0 Å². The second-order valence-corrected chi connectivity index (χ2v) is 4.69. The van der Waals surface area contributed by atoms with E-state index in [1.807, 2.05) is 0 Å². The van der Waals surface area contributed by atoms with Crippen LogP contribution in [0.2, 0.25) is 0 Å². The number of ether oxygens (including phenoxy) is 1. The summed E-state index contributed by atoms with van der Waals surface area (Å²) in [6.07, 6.45) is 0. The van der Waals surface area contributed by atoms with Gasteiger partial charge < -0.3 is 19.2 Å². The number of carboxylic acid groups (broad SMARTS) is 1. The number of amides is 1. The molecule has 98 valence electrons. The molecule has 1 aromatic rings. The van der Waals surface area contributed by atoms with Gasteiger partial charge in [-0.2, -0.15) is 0 Å². The number of rotatable bonds is 4. The van der Waals surface area contributed by atoms with Gasteiger partial charge in [0.05, 0.1) is 19.0 Å². The molecule has 0 unspecified atom stereocenters. The first kappa shape index (κ1) is 13.0. The van der Waals surface area contributed by atoms with Gasteiger partial charge in [0.25, 0.3) is 0 Å². The van der Waals surface area contributed by atoms with Crippen molar-refractivity contribution in [1.29, 1.82) is 0 Å². The third-order valence-corrected chi connectivity index (χ3v) is 3.39. The first-order valence-corrected chi connectivity index (χ1v) is 6.47. The van der Waals surface area contributed by atoms with Crippen LogP contribution in [0.4, 0.5) is 0 Å². The third kappa shape index (κ3) is 3.27. The Morgan fingerprint density at radius 2 is 2.06 bits per heavy atom. The minimum Gasteiger partial charge on any atom is -0.475 e. The smallest absolute Gasteiger partial charge is 0.371 e. The van der Waals surface area contributed by atoms with E-state index >= 15 is 0 Å². The predicted molar refractivity (Wildman–Crippen MR) is 63.8 cm³/mol. The summed E-state index contributed by atoms with van der Waals surface area (Å²) in [4.78, 5) is 24.1. The summed E-state index contributed by atoms with van der Waals surface area (Å²) in [6, 6.07) is 2.94. The van der Waals surface area contributed by atoms with Crippen molar-refractivity contribution in [3.05, 3.63) is 17.9 Å². The number of aromatic carboxylic acids is 1. The van der Waals surface area contributed by atoms with Crippen LogP contribution in [0.15, 0.2) is 21.6 Å².